The van der Waals surface area contributed by atoms with Crippen LogP contribution in [0.2, 0.25) is 0 Å². The van der Waals surface area contributed by atoms with Gasteiger partial charge in [0, 0.05) is 15.6 Å². The van der Waals surface area contributed by atoms with Crippen LogP contribution in [-0.2, 0) is 10.0 Å². The van der Waals surface area contributed by atoms with Gasteiger partial charge in [0.25, 0.3) is 10.0 Å². The van der Waals surface area contributed by atoms with Gasteiger partial charge in [-0.15, -0.1) is 0 Å². The zero-order chi connectivity index (χ0) is 22.0. The van der Waals surface area contributed by atoms with Crippen molar-refractivity contribution in [1.82, 2.24) is 0 Å². The van der Waals surface area contributed by atoms with Gasteiger partial charge in [-0.05, 0) is 42.5 Å². The second-order valence-electron chi connectivity index (χ2n) is 6.66. The summed E-state index contributed by atoms with van der Waals surface area (Å²) < 4.78 is 36.0. The maximum Gasteiger partial charge on any atom is 0.282 e. The number of fused-ring (bicyclic) bond motifs is 1. The molecular weight excluding hydrogens is 480 g/mol. The van der Waals surface area contributed by atoms with Crippen LogP contribution in [-0.4, -0.2) is 27.0 Å². The maximum atomic E-state index is 13.1. The number of Topliss-reactive ketones (excluding diaryl/α,β-unsaturated/α-hetero) is 1. The molecule has 3 aromatic rings. The highest BCUT2D eigenvalue weighted by molar-refractivity contribution is 9.10. The Kier molecular flexibility index (Phi) is 5.75. The summed E-state index contributed by atoms with van der Waals surface area (Å²) in [4.78, 5) is 13.1. The van der Waals surface area contributed by atoms with Gasteiger partial charge in [-0.3, -0.25) is 4.79 Å². The normalized spacial score (nSPS) is 14.7. The number of methoxy groups -OCH3 is 1. The molecule has 0 amide bonds. The number of anilines is 1. The first-order valence-electron chi connectivity index (χ1n) is 9.25. The van der Waals surface area contributed by atoms with Crippen molar-refractivity contribution in [3.8, 4) is 5.75 Å². The first-order valence-corrected chi connectivity index (χ1v) is 11.5. The van der Waals surface area contributed by atoms with Gasteiger partial charge < -0.3 is 10.1 Å². The van der Waals surface area contributed by atoms with Gasteiger partial charge in [-0.1, -0.05) is 52.3 Å². The number of ether oxygens (including phenoxy) is 1. The number of ketones is 1. The Morgan fingerprint density at radius 1 is 0.903 bits per heavy atom. The van der Waals surface area contributed by atoms with Crippen LogP contribution in [0.4, 0.5) is 5.69 Å². The number of para-hydroxylation sites is 2. The third-order valence-electron chi connectivity index (χ3n) is 4.68. The molecule has 0 aromatic heterocycles. The summed E-state index contributed by atoms with van der Waals surface area (Å²) in [6, 6.07) is 20.2. The number of nitrogens with one attached hydrogen (secondary N) is 1. The highest BCUT2D eigenvalue weighted by Gasteiger charge is 2.26. The summed E-state index contributed by atoms with van der Waals surface area (Å²) >= 11 is 3.29. The van der Waals surface area contributed by atoms with E-state index < -0.39 is 10.0 Å². The van der Waals surface area contributed by atoms with Crippen LogP contribution in [0.25, 0.3) is 0 Å². The quantitative estimate of drug-likeness (QED) is 0.546. The van der Waals surface area contributed by atoms with E-state index in [0.717, 1.165) is 4.47 Å². The fourth-order valence-electron chi connectivity index (χ4n) is 3.18. The number of hydrogen-bond acceptors (Lipinski definition) is 5. The fourth-order valence-corrected chi connectivity index (χ4v) is 4.44. The minimum Gasteiger partial charge on any atom is -0.495 e. The van der Waals surface area contributed by atoms with Crippen LogP contribution in [0, 0.1) is 0 Å². The lowest BCUT2D eigenvalue weighted by atomic mass is 9.92. The van der Waals surface area contributed by atoms with Crippen LogP contribution in [0.15, 0.2) is 98.3 Å². The molecule has 6 nitrogen and oxygen atoms in total. The van der Waals surface area contributed by atoms with E-state index in [9.17, 15) is 13.2 Å². The van der Waals surface area contributed by atoms with Crippen molar-refractivity contribution in [1.29, 1.82) is 0 Å². The highest BCUT2D eigenvalue weighted by Crippen LogP contribution is 2.29. The molecule has 0 bridgehead atoms. The number of halogens is 1. The minimum atomic E-state index is -3.99. The molecule has 0 aliphatic heterocycles. The number of hydrogen-bond donors (Lipinski definition) is 1. The lowest BCUT2D eigenvalue weighted by molar-refractivity contribution is 0.103. The SMILES string of the molecule is COc1ccccc1NC1=C/C(=N\S(=O)(=O)c2ccc(Br)cc2)c2ccccc2C1=O. The molecule has 0 saturated carbocycles. The molecule has 0 radical (unpaired) electrons. The molecule has 0 saturated heterocycles. The second-order valence-corrected chi connectivity index (χ2v) is 9.18. The Bertz CT molecular complexity index is 1330. The summed E-state index contributed by atoms with van der Waals surface area (Å²) in [7, 11) is -2.45. The average molecular weight is 497 g/mol. The third-order valence-corrected chi connectivity index (χ3v) is 6.51. The maximum absolute atomic E-state index is 13.1. The molecule has 0 unspecified atom stereocenters. The standard InChI is InChI=1S/C23H17BrN2O4S/c1-30-22-9-5-4-8-19(22)25-21-14-20(17-6-2-3-7-18(17)23(21)27)26-31(28,29)16-12-10-15(24)11-13-16/h2-14,25H,1H3/b26-20+. The minimum absolute atomic E-state index is 0.0604. The monoisotopic (exact) mass is 496 g/mol. The largest absolute Gasteiger partial charge is 0.495 e. The van der Waals surface area contributed by atoms with E-state index in [0.29, 0.717) is 22.6 Å². The Balaban J connectivity index is 1.82. The lowest BCUT2D eigenvalue weighted by Gasteiger charge is -2.19. The van der Waals surface area contributed by atoms with E-state index >= 15 is 0 Å². The second kappa shape index (κ2) is 8.49. The van der Waals surface area contributed by atoms with E-state index in [2.05, 4.69) is 25.6 Å². The number of benzene rings is 3. The van der Waals surface area contributed by atoms with Gasteiger partial charge in [0.15, 0.2) is 0 Å². The third kappa shape index (κ3) is 4.30. The number of nitrogens with zero attached hydrogens (tertiary/aromatic N) is 1. The van der Waals surface area contributed by atoms with Gasteiger partial charge in [-0.2, -0.15) is 12.8 Å². The summed E-state index contributed by atoms with van der Waals surface area (Å²) in [6.45, 7) is 0. The molecule has 0 fully saturated rings. The fraction of sp³-hybridized carbons (Fsp3) is 0.0435. The smallest absolute Gasteiger partial charge is 0.282 e. The van der Waals surface area contributed by atoms with Crippen LogP contribution in [0.1, 0.15) is 15.9 Å². The highest BCUT2D eigenvalue weighted by atomic mass is 79.9. The van der Waals surface area contributed by atoms with Crippen LogP contribution in [0.5, 0.6) is 5.75 Å². The van der Waals surface area contributed by atoms with Gasteiger partial charge in [-0.25, -0.2) is 0 Å². The molecule has 3 aromatic carbocycles. The first-order chi connectivity index (χ1) is 14.9. The van der Waals surface area contributed by atoms with E-state index in [4.69, 9.17) is 4.74 Å². The number of sulfonamides is 1. The Hall–Kier alpha value is -3.23. The Labute approximate surface area is 188 Å². The van der Waals surface area contributed by atoms with Gasteiger partial charge in [0.1, 0.15) is 5.75 Å². The van der Waals surface area contributed by atoms with E-state index in [-0.39, 0.29) is 22.1 Å². The van der Waals surface area contributed by atoms with Crippen molar-refractivity contribution < 1.29 is 17.9 Å². The van der Waals surface area contributed by atoms with Gasteiger partial charge in [0.2, 0.25) is 5.78 Å². The van der Waals surface area contributed by atoms with E-state index in [1.54, 1.807) is 54.6 Å². The molecule has 8 heteroatoms. The number of carbonyl (C=O) groups excluding carboxylic acids is 1. The molecule has 1 aliphatic rings. The number of carbonyl (C=O) groups is 1. The van der Waals surface area contributed by atoms with Crippen molar-refractivity contribution in [3.05, 3.63) is 100 Å². The predicted octanol–water partition coefficient (Wildman–Crippen LogP) is 4.83. The van der Waals surface area contributed by atoms with Crippen molar-refractivity contribution in [2.45, 2.75) is 4.90 Å². The van der Waals surface area contributed by atoms with Crippen LogP contribution in [0.3, 0.4) is 0 Å². The molecule has 156 valence electrons. The van der Waals surface area contributed by atoms with Crippen LogP contribution >= 0.6 is 15.9 Å². The zero-order valence-electron chi connectivity index (χ0n) is 16.4. The van der Waals surface area contributed by atoms with E-state index in [1.807, 2.05) is 6.07 Å². The lowest BCUT2D eigenvalue weighted by Crippen LogP contribution is -2.22. The van der Waals surface area contributed by atoms with Crippen molar-refractivity contribution in [2.75, 3.05) is 12.4 Å². The summed E-state index contributed by atoms with van der Waals surface area (Å²) in [5.41, 5.74) is 1.79. The molecule has 1 N–H and O–H groups in total. The van der Waals surface area contributed by atoms with Crippen molar-refractivity contribution >= 4 is 43.1 Å². The molecule has 31 heavy (non-hydrogen) atoms. The number of rotatable bonds is 5. The Morgan fingerprint density at radius 2 is 1.55 bits per heavy atom. The van der Waals surface area contributed by atoms with E-state index in [1.165, 1.54) is 25.3 Å². The molecule has 0 atom stereocenters. The van der Waals surface area contributed by atoms with Gasteiger partial charge >= 0.3 is 0 Å². The molecule has 0 heterocycles. The average Bonchev–Trinajstić information content (AvgIpc) is 2.77. The van der Waals surface area contributed by atoms with Gasteiger partial charge in [0.05, 0.1) is 29.1 Å². The van der Waals surface area contributed by atoms with Crippen molar-refractivity contribution in [3.63, 3.8) is 0 Å². The summed E-state index contributed by atoms with van der Waals surface area (Å²) in [6.07, 6.45) is 1.45. The topological polar surface area (TPSA) is 84.8 Å². The molecular formula is C23H17BrN2O4S. The predicted molar refractivity (Wildman–Crippen MR) is 123 cm³/mol. The molecule has 4 rings (SSSR count). The summed E-state index contributed by atoms with van der Waals surface area (Å²) in [5, 5.41) is 3.06. The summed E-state index contributed by atoms with van der Waals surface area (Å²) in [5.74, 6) is 0.289. The number of allylic oxidation sites excluding steroid dienone is 2. The Morgan fingerprint density at radius 3 is 2.26 bits per heavy atom. The molecule has 0 spiro atoms. The zero-order valence-corrected chi connectivity index (χ0v) is 18.8. The van der Waals surface area contributed by atoms with Crippen LogP contribution < -0.4 is 10.1 Å². The first kappa shape index (κ1) is 21.0. The van der Waals surface area contributed by atoms with Crippen molar-refractivity contribution in [2.24, 2.45) is 4.40 Å². The molecule has 1 aliphatic carbocycles.